The van der Waals surface area contributed by atoms with Gasteiger partial charge in [0.05, 0.1) is 0 Å². The first kappa shape index (κ1) is 19.6. The first-order valence-electron chi connectivity index (χ1n) is 8.74. The summed E-state index contributed by atoms with van der Waals surface area (Å²) in [6.07, 6.45) is 0.282. The van der Waals surface area contributed by atoms with Crippen LogP contribution in [-0.2, 0) is 6.54 Å². The average Bonchev–Trinajstić information content (AvgIpc) is 2.67. The largest absolute Gasteiger partial charge is 0.465 e. The van der Waals surface area contributed by atoms with E-state index >= 15 is 0 Å². The third-order valence-corrected chi connectivity index (χ3v) is 3.99. The maximum absolute atomic E-state index is 11.7. The quantitative estimate of drug-likeness (QED) is 0.416. The second kappa shape index (κ2) is 8.70. The SMILES string of the molecule is Cc1cccc(Nc2nc(Nc3ccc(CNC(=O)O)cc3)ncc2C(N)=O)c1. The molecule has 29 heavy (non-hydrogen) atoms. The molecule has 1 aromatic heterocycles. The second-order valence-electron chi connectivity index (χ2n) is 6.30. The fourth-order valence-electron chi connectivity index (χ4n) is 2.59. The van der Waals surface area contributed by atoms with Crippen LogP contribution in [0.4, 0.5) is 27.9 Å². The number of hydrogen-bond acceptors (Lipinski definition) is 6. The number of anilines is 4. The summed E-state index contributed by atoms with van der Waals surface area (Å²) in [6.45, 7) is 2.17. The summed E-state index contributed by atoms with van der Waals surface area (Å²) in [6, 6.07) is 14.7. The van der Waals surface area contributed by atoms with Gasteiger partial charge in [0.1, 0.15) is 11.4 Å². The van der Waals surface area contributed by atoms with Crippen LogP contribution in [0, 0.1) is 6.92 Å². The van der Waals surface area contributed by atoms with Gasteiger partial charge in [-0.15, -0.1) is 0 Å². The summed E-state index contributed by atoms with van der Waals surface area (Å²) in [5.74, 6) is -0.0635. The molecule has 2 aromatic carbocycles. The first-order valence-corrected chi connectivity index (χ1v) is 8.74. The third kappa shape index (κ3) is 5.42. The molecule has 1 heterocycles. The lowest BCUT2D eigenvalue weighted by atomic mass is 10.2. The van der Waals surface area contributed by atoms with Crippen molar-refractivity contribution in [3.63, 3.8) is 0 Å². The lowest BCUT2D eigenvalue weighted by Gasteiger charge is -2.12. The van der Waals surface area contributed by atoms with Crippen LogP contribution in [-0.4, -0.2) is 27.1 Å². The number of primary amides is 1. The Bertz CT molecular complexity index is 1040. The summed E-state index contributed by atoms with van der Waals surface area (Å²) in [4.78, 5) is 30.8. The number of nitrogens with two attached hydrogens (primary N) is 1. The third-order valence-electron chi connectivity index (χ3n) is 3.99. The normalized spacial score (nSPS) is 10.2. The number of aromatic nitrogens is 2. The van der Waals surface area contributed by atoms with Crippen LogP contribution in [0.5, 0.6) is 0 Å². The highest BCUT2D eigenvalue weighted by molar-refractivity contribution is 5.98. The topological polar surface area (TPSA) is 142 Å². The van der Waals surface area contributed by atoms with E-state index in [1.165, 1.54) is 6.20 Å². The molecule has 2 amide bonds. The van der Waals surface area contributed by atoms with Gasteiger partial charge < -0.3 is 26.8 Å². The van der Waals surface area contributed by atoms with Crippen molar-refractivity contribution in [2.75, 3.05) is 10.6 Å². The Labute approximate surface area is 167 Å². The molecule has 148 valence electrons. The van der Waals surface area contributed by atoms with E-state index in [1.807, 2.05) is 31.2 Å². The molecule has 0 saturated carbocycles. The van der Waals surface area contributed by atoms with Crippen molar-refractivity contribution < 1.29 is 14.7 Å². The van der Waals surface area contributed by atoms with E-state index in [-0.39, 0.29) is 18.1 Å². The zero-order valence-corrected chi connectivity index (χ0v) is 15.6. The molecule has 3 rings (SSSR count). The van der Waals surface area contributed by atoms with Crippen LogP contribution >= 0.6 is 0 Å². The van der Waals surface area contributed by atoms with Crippen LogP contribution in [0.2, 0.25) is 0 Å². The van der Waals surface area contributed by atoms with Crippen molar-refractivity contribution in [3.05, 3.63) is 71.4 Å². The number of amides is 2. The van der Waals surface area contributed by atoms with Gasteiger partial charge in [-0.05, 0) is 42.3 Å². The summed E-state index contributed by atoms with van der Waals surface area (Å²) < 4.78 is 0. The number of hydrogen-bond donors (Lipinski definition) is 5. The standard InChI is InChI=1S/C20H20N6O3/c1-12-3-2-4-15(9-12)24-18-16(17(21)27)11-22-19(26-18)25-14-7-5-13(6-8-14)10-23-20(28)29/h2-9,11,23H,10H2,1H3,(H2,21,27)(H,28,29)(H2,22,24,25,26). The molecule has 0 fully saturated rings. The molecule has 0 aliphatic carbocycles. The van der Waals surface area contributed by atoms with Gasteiger partial charge in [-0.3, -0.25) is 4.79 Å². The Kier molecular flexibility index (Phi) is 5.88. The van der Waals surface area contributed by atoms with E-state index in [4.69, 9.17) is 10.8 Å². The van der Waals surface area contributed by atoms with Crippen LogP contribution in [0.25, 0.3) is 0 Å². The van der Waals surface area contributed by atoms with Gasteiger partial charge in [-0.2, -0.15) is 4.98 Å². The molecule has 6 N–H and O–H groups in total. The first-order chi connectivity index (χ1) is 13.9. The van der Waals surface area contributed by atoms with Crippen molar-refractivity contribution in [1.82, 2.24) is 15.3 Å². The Morgan fingerprint density at radius 2 is 1.83 bits per heavy atom. The number of carbonyl (C=O) groups excluding carboxylic acids is 1. The number of benzene rings is 2. The van der Waals surface area contributed by atoms with E-state index in [1.54, 1.807) is 24.3 Å². The lowest BCUT2D eigenvalue weighted by Crippen LogP contribution is -2.19. The fourth-order valence-corrected chi connectivity index (χ4v) is 2.59. The van der Waals surface area contributed by atoms with Gasteiger partial charge >= 0.3 is 6.09 Å². The second-order valence-corrected chi connectivity index (χ2v) is 6.30. The Morgan fingerprint density at radius 3 is 2.48 bits per heavy atom. The van der Waals surface area contributed by atoms with E-state index in [0.29, 0.717) is 11.5 Å². The van der Waals surface area contributed by atoms with Crippen LogP contribution < -0.4 is 21.7 Å². The molecule has 0 saturated heterocycles. The number of aryl methyl sites for hydroxylation is 1. The molecule has 0 aliphatic heterocycles. The molecule has 3 aromatic rings. The molecule has 0 bridgehead atoms. The highest BCUT2D eigenvalue weighted by Crippen LogP contribution is 2.22. The number of carbonyl (C=O) groups is 2. The lowest BCUT2D eigenvalue weighted by molar-refractivity contribution is 0.100. The number of rotatable bonds is 7. The minimum absolute atomic E-state index is 0.173. The van der Waals surface area contributed by atoms with Gasteiger partial charge in [0.25, 0.3) is 5.91 Å². The molecule has 0 aliphatic rings. The van der Waals surface area contributed by atoms with Gasteiger partial charge in [-0.25, -0.2) is 9.78 Å². The van der Waals surface area contributed by atoms with Crippen LogP contribution in [0.1, 0.15) is 21.5 Å². The monoisotopic (exact) mass is 392 g/mol. The van der Waals surface area contributed by atoms with E-state index in [9.17, 15) is 9.59 Å². The summed E-state index contributed by atoms with van der Waals surface area (Å²) >= 11 is 0. The van der Waals surface area contributed by atoms with Crippen LogP contribution in [0.15, 0.2) is 54.7 Å². The van der Waals surface area contributed by atoms with Gasteiger partial charge in [0.15, 0.2) is 0 Å². The van der Waals surface area contributed by atoms with E-state index in [2.05, 4.69) is 25.9 Å². The van der Waals surface area contributed by atoms with Gasteiger partial charge in [0.2, 0.25) is 5.95 Å². The van der Waals surface area contributed by atoms with E-state index < -0.39 is 12.0 Å². The minimum Gasteiger partial charge on any atom is -0.465 e. The molecule has 0 radical (unpaired) electrons. The summed E-state index contributed by atoms with van der Waals surface area (Å²) in [5, 5.41) is 17.1. The Morgan fingerprint density at radius 1 is 1.07 bits per heavy atom. The molecule has 0 spiro atoms. The molecular formula is C20H20N6O3. The number of nitrogens with one attached hydrogen (secondary N) is 3. The minimum atomic E-state index is -1.08. The Hall–Kier alpha value is -4.14. The highest BCUT2D eigenvalue weighted by Gasteiger charge is 2.13. The molecule has 9 nitrogen and oxygen atoms in total. The molecule has 9 heteroatoms. The van der Waals surface area contributed by atoms with Gasteiger partial charge in [-0.1, -0.05) is 24.3 Å². The van der Waals surface area contributed by atoms with Gasteiger partial charge in [0, 0.05) is 24.1 Å². The highest BCUT2D eigenvalue weighted by atomic mass is 16.4. The van der Waals surface area contributed by atoms with E-state index in [0.717, 1.165) is 16.8 Å². The van der Waals surface area contributed by atoms with Crippen LogP contribution in [0.3, 0.4) is 0 Å². The number of carboxylic acid groups (broad SMARTS) is 1. The zero-order chi connectivity index (χ0) is 20.8. The number of nitrogens with zero attached hydrogens (tertiary/aromatic N) is 2. The molecule has 0 atom stereocenters. The predicted octanol–water partition coefficient (Wildman–Crippen LogP) is 3.14. The molecule has 0 unspecified atom stereocenters. The van der Waals surface area contributed by atoms with Crippen molar-refractivity contribution >= 4 is 35.1 Å². The fraction of sp³-hybridized carbons (Fsp3) is 0.100. The predicted molar refractivity (Wildman–Crippen MR) is 110 cm³/mol. The van der Waals surface area contributed by atoms with Crippen molar-refractivity contribution in [1.29, 1.82) is 0 Å². The average molecular weight is 392 g/mol. The summed E-state index contributed by atoms with van der Waals surface area (Å²) in [7, 11) is 0. The van der Waals surface area contributed by atoms with Crippen molar-refractivity contribution in [2.24, 2.45) is 5.73 Å². The Balaban J connectivity index is 1.79. The maximum Gasteiger partial charge on any atom is 0.404 e. The molecular weight excluding hydrogens is 372 g/mol. The van der Waals surface area contributed by atoms with Crippen molar-refractivity contribution in [3.8, 4) is 0 Å². The van der Waals surface area contributed by atoms with Crippen molar-refractivity contribution in [2.45, 2.75) is 13.5 Å². The zero-order valence-electron chi connectivity index (χ0n) is 15.6. The summed E-state index contributed by atoms with van der Waals surface area (Å²) in [5.41, 5.74) is 8.96. The maximum atomic E-state index is 11.7. The smallest absolute Gasteiger partial charge is 0.404 e.